The second kappa shape index (κ2) is 6.02. The molecule has 1 amide bonds. The van der Waals surface area contributed by atoms with Crippen molar-refractivity contribution in [1.82, 2.24) is 0 Å². The van der Waals surface area contributed by atoms with Crippen LogP contribution in [0.4, 0.5) is 5.69 Å². The van der Waals surface area contributed by atoms with Gasteiger partial charge in [0.25, 0.3) is 5.91 Å². The predicted molar refractivity (Wildman–Crippen MR) is 77.0 cm³/mol. The van der Waals surface area contributed by atoms with Gasteiger partial charge >= 0.3 is 5.97 Å². The molecule has 2 aromatic carbocycles. The van der Waals surface area contributed by atoms with E-state index in [1.54, 1.807) is 36.2 Å². The quantitative estimate of drug-likeness (QED) is 0.805. The molecular weight excluding hydrogens is 254 g/mol. The van der Waals surface area contributed by atoms with Crippen molar-refractivity contribution in [2.24, 2.45) is 0 Å². The molecule has 20 heavy (non-hydrogen) atoms. The molecule has 0 saturated carbocycles. The molecule has 0 unspecified atom stereocenters. The Morgan fingerprint density at radius 1 is 0.900 bits per heavy atom. The molecule has 0 fully saturated rings. The number of amides is 1. The number of hydrogen-bond acceptors (Lipinski definition) is 3. The average Bonchev–Trinajstić information content (AvgIpc) is 2.53. The topological polar surface area (TPSA) is 46.6 Å². The van der Waals surface area contributed by atoms with Gasteiger partial charge in [-0.3, -0.25) is 4.79 Å². The van der Waals surface area contributed by atoms with Crippen LogP contribution >= 0.6 is 0 Å². The van der Waals surface area contributed by atoms with E-state index in [4.69, 9.17) is 0 Å². The highest BCUT2D eigenvalue weighted by molar-refractivity contribution is 6.06. The van der Waals surface area contributed by atoms with Gasteiger partial charge in [0.2, 0.25) is 0 Å². The molecule has 2 aromatic rings. The number of esters is 1. The Kier molecular flexibility index (Phi) is 4.15. The van der Waals surface area contributed by atoms with Crippen LogP contribution in [0.2, 0.25) is 0 Å². The van der Waals surface area contributed by atoms with Crippen LogP contribution in [0.1, 0.15) is 20.7 Å². The lowest BCUT2D eigenvalue weighted by atomic mass is 10.1. The largest absolute Gasteiger partial charge is 0.465 e. The fraction of sp³-hybridized carbons (Fsp3) is 0.125. The molecule has 0 aliphatic carbocycles. The van der Waals surface area contributed by atoms with Crippen molar-refractivity contribution >= 4 is 17.6 Å². The van der Waals surface area contributed by atoms with Gasteiger partial charge in [0.15, 0.2) is 0 Å². The molecular formula is C16H15NO3. The minimum absolute atomic E-state index is 0.132. The average molecular weight is 269 g/mol. The van der Waals surface area contributed by atoms with Crippen molar-refractivity contribution in [3.8, 4) is 0 Å². The Bertz CT molecular complexity index is 605. The summed E-state index contributed by atoms with van der Waals surface area (Å²) in [5.41, 5.74) is 1.75. The maximum absolute atomic E-state index is 12.3. The summed E-state index contributed by atoms with van der Waals surface area (Å²) in [6, 6.07) is 15.8. The van der Waals surface area contributed by atoms with Gasteiger partial charge in [0, 0.05) is 18.3 Å². The van der Waals surface area contributed by atoms with Crippen molar-refractivity contribution in [2.75, 3.05) is 19.1 Å². The molecule has 0 saturated heterocycles. The molecule has 2 rings (SSSR count). The fourth-order valence-electron chi connectivity index (χ4n) is 1.83. The number of ether oxygens (including phenoxy) is 1. The molecule has 4 heteroatoms. The third-order valence-corrected chi connectivity index (χ3v) is 3.00. The molecule has 4 nitrogen and oxygen atoms in total. The molecule has 0 aromatic heterocycles. The van der Waals surface area contributed by atoms with Gasteiger partial charge < -0.3 is 9.64 Å². The fourth-order valence-corrected chi connectivity index (χ4v) is 1.83. The first-order chi connectivity index (χ1) is 9.63. The molecule has 0 radical (unpaired) electrons. The number of hydrogen-bond donors (Lipinski definition) is 0. The zero-order valence-corrected chi connectivity index (χ0v) is 11.4. The summed E-state index contributed by atoms with van der Waals surface area (Å²) < 4.78 is 4.62. The highest BCUT2D eigenvalue weighted by atomic mass is 16.5. The first-order valence-electron chi connectivity index (χ1n) is 6.15. The Balaban J connectivity index is 2.19. The van der Waals surface area contributed by atoms with E-state index in [1.165, 1.54) is 7.11 Å². The number of para-hydroxylation sites is 1. The van der Waals surface area contributed by atoms with Gasteiger partial charge in [-0.1, -0.05) is 18.2 Å². The van der Waals surface area contributed by atoms with Gasteiger partial charge in [-0.05, 0) is 36.4 Å². The standard InChI is InChI=1S/C16H15NO3/c1-17(14-6-4-3-5-7-14)15(18)12-8-10-13(11-9-12)16(19)20-2/h3-11H,1-2H3. The lowest BCUT2D eigenvalue weighted by molar-refractivity contribution is 0.0600. The van der Waals surface area contributed by atoms with E-state index < -0.39 is 5.97 Å². The van der Waals surface area contributed by atoms with Crippen molar-refractivity contribution in [1.29, 1.82) is 0 Å². The summed E-state index contributed by atoms with van der Waals surface area (Å²) >= 11 is 0. The highest BCUT2D eigenvalue weighted by Crippen LogP contribution is 2.15. The predicted octanol–water partition coefficient (Wildman–Crippen LogP) is 2.75. The van der Waals surface area contributed by atoms with Crippen molar-refractivity contribution in [3.05, 3.63) is 65.7 Å². The van der Waals surface area contributed by atoms with E-state index >= 15 is 0 Å². The number of methoxy groups -OCH3 is 1. The van der Waals surface area contributed by atoms with E-state index in [-0.39, 0.29) is 5.91 Å². The smallest absolute Gasteiger partial charge is 0.337 e. The maximum atomic E-state index is 12.3. The summed E-state index contributed by atoms with van der Waals surface area (Å²) in [5.74, 6) is -0.548. The first kappa shape index (κ1) is 13.8. The van der Waals surface area contributed by atoms with Crippen LogP contribution in [0.25, 0.3) is 0 Å². The van der Waals surface area contributed by atoms with Gasteiger partial charge in [0.1, 0.15) is 0 Å². The van der Waals surface area contributed by atoms with Gasteiger partial charge in [-0.2, -0.15) is 0 Å². The summed E-state index contributed by atoms with van der Waals surface area (Å²) in [5, 5.41) is 0. The van der Waals surface area contributed by atoms with E-state index in [0.717, 1.165) is 5.69 Å². The Hall–Kier alpha value is -2.62. The summed E-state index contributed by atoms with van der Waals surface area (Å²) in [7, 11) is 3.04. The molecule has 0 N–H and O–H groups in total. The number of rotatable bonds is 3. The molecule has 0 aliphatic rings. The lowest BCUT2D eigenvalue weighted by Crippen LogP contribution is -2.26. The summed E-state index contributed by atoms with van der Waals surface area (Å²) in [4.78, 5) is 25.2. The van der Waals surface area contributed by atoms with Crippen LogP contribution in [0.3, 0.4) is 0 Å². The first-order valence-corrected chi connectivity index (χ1v) is 6.15. The third-order valence-electron chi connectivity index (χ3n) is 3.00. The van der Waals surface area contributed by atoms with Gasteiger partial charge in [-0.25, -0.2) is 4.79 Å². The third kappa shape index (κ3) is 2.85. The lowest BCUT2D eigenvalue weighted by Gasteiger charge is -2.17. The summed E-state index contributed by atoms with van der Waals surface area (Å²) in [6.07, 6.45) is 0. The van der Waals surface area contributed by atoms with E-state index in [2.05, 4.69) is 4.74 Å². The zero-order chi connectivity index (χ0) is 14.5. The van der Waals surface area contributed by atoms with Crippen molar-refractivity contribution < 1.29 is 14.3 Å². The minimum Gasteiger partial charge on any atom is -0.465 e. The highest BCUT2D eigenvalue weighted by Gasteiger charge is 2.14. The van der Waals surface area contributed by atoms with E-state index in [9.17, 15) is 9.59 Å². The molecule has 102 valence electrons. The second-order valence-corrected chi connectivity index (χ2v) is 4.27. The normalized spacial score (nSPS) is 9.90. The van der Waals surface area contributed by atoms with Gasteiger partial charge in [0.05, 0.1) is 12.7 Å². The minimum atomic E-state index is -0.416. The number of benzene rings is 2. The Morgan fingerprint density at radius 2 is 1.45 bits per heavy atom. The SMILES string of the molecule is COC(=O)c1ccc(C(=O)N(C)c2ccccc2)cc1. The van der Waals surface area contributed by atoms with Crippen LogP contribution in [-0.2, 0) is 4.74 Å². The van der Waals surface area contributed by atoms with E-state index in [1.807, 2.05) is 30.3 Å². The zero-order valence-electron chi connectivity index (χ0n) is 11.4. The molecule has 0 spiro atoms. The second-order valence-electron chi connectivity index (χ2n) is 4.27. The number of nitrogens with zero attached hydrogens (tertiary/aromatic N) is 1. The van der Waals surface area contributed by atoms with E-state index in [0.29, 0.717) is 11.1 Å². The maximum Gasteiger partial charge on any atom is 0.337 e. The van der Waals surface area contributed by atoms with Crippen molar-refractivity contribution in [3.63, 3.8) is 0 Å². The number of carbonyl (C=O) groups excluding carboxylic acids is 2. The van der Waals surface area contributed by atoms with Crippen molar-refractivity contribution in [2.45, 2.75) is 0 Å². The summed E-state index contributed by atoms with van der Waals surface area (Å²) in [6.45, 7) is 0. The monoisotopic (exact) mass is 269 g/mol. The number of carbonyl (C=O) groups is 2. The number of anilines is 1. The van der Waals surface area contributed by atoms with Crippen LogP contribution in [0, 0.1) is 0 Å². The van der Waals surface area contributed by atoms with Crippen LogP contribution in [0.15, 0.2) is 54.6 Å². The molecule has 0 aliphatic heterocycles. The van der Waals surface area contributed by atoms with Crippen LogP contribution < -0.4 is 4.90 Å². The van der Waals surface area contributed by atoms with Crippen LogP contribution in [0.5, 0.6) is 0 Å². The molecule has 0 bridgehead atoms. The molecule has 0 atom stereocenters. The van der Waals surface area contributed by atoms with Crippen LogP contribution in [-0.4, -0.2) is 26.0 Å². The molecule has 0 heterocycles. The Morgan fingerprint density at radius 3 is 2.00 bits per heavy atom. The Labute approximate surface area is 117 Å². The van der Waals surface area contributed by atoms with Gasteiger partial charge in [-0.15, -0.1) is 0 Å².